The Morgan fingerprint density at radius 2 is 1.88 bits per heavy atom. The Hall–Kier alpha value is -1.24. The van der Waals surface area contributed by atoms with Crippen LogP contribution in [0, 0.1) is 11.8 Å². The van der Waals surface area contributed by atoms with Gasteiger partial charge >= 0.3 is 6.03 Å². The summed E-state index contributed by atoms with van der Waals surface area (Å²) in [5, 5.41) is 5.24. The molecule has 1 fully saturated rings. The molecule has 25 heavy (non-hydrogen) atoms. The minimum Gasteiger partial charge on any atom is -0.353 e. The maximum atomic E-state index is 12.6. The Kier molecular flexibility index (Phi) is 10.6. The fraction of sp³-hybridized carbons (Fsp3) is 0.833. The second-order valence-electron chi connectivity index (χ2n) is 6.87. The zero-order chi connectivity index (χ0) is 18.7. The van der Waals surface area contributed by atoms with Crippen LogP contribution < -0.4 is 16.4 Å². The van der Waals surface area contributed by atoms with Crippen LogP contribution in [0.5, 0.6) is 0 Å². The molecule has 0 aliphatic heterocycles. The summed E-state index contributed by atoms with van der Waals surface area (Å²) in [5.74, 6) is 0.705. The van der Waals surface area contributed by atoms with E-state index in [-0.39, 0.29) is 18.4 Å². The third-order valence-corrected chi connectivity index (χ3v) is 5.67. The molecule has 1 saturated carbocycles. The summed E-state index contributed by atoms with van der Waals surface area (Å²) >= 11 is 1.85. The monoisotopic (exact) mass is 371 g/mol. The van der Waals surface area contributed by atoms with Crippen molar-refractivity contribution in [3.8, 4) is 0 Å². The van der Waals surface area contributed by atoms with Gasteiger partial charge in [-0.3, -0.25) is 14.9 Å². The molecule has 0 aromatic carbocycles. The Labute approximate surface area is 155 Å². The second kappa shape index (κ2) is 12.2. The number of hydrogen-bond acceptors (Lipinski definition) is 4. The molecule has 1 aliphatic carbocycles. The molecule has 0 heterocycles. The van der Waals surface area contributed by atoms with Gasteiger partial charge in [0.05, 0.1) is 0 Å². The molecule has 0 radical (unpaired) electrons. The molecule has 4 N–H and O–H groups in total. The number of carbonyl (C=O) groups excluding carboxylic acids is 3. The van der Waals surface area contributed by atoms with Crippen molar-refractivity contribution in [3.63, 3.8) is 0 Å². The highest BCUT2D eigenvalue weighted by molar-refractivity contribution is 7.98. The van der Waals surface area contributed by atoms with Crippen molar-refractivity contribution in [2.45, 2.75) is 70.8 Å². The maximum absolute atomic E-state index is 12.6. The first kappa shape index (κ1) is 21.8. The van der Waals surface area contributed by atoms with E-state index in [9.17, 15) is 14.4 Å². The van der Waals surface area contributed by atoms with E-state index < -0.39 is 17.9 Å². The summed E-state index contributed by atoms with van der Waals surface area (Å²) in [7, 11) is 0. The van der Waals surface area contributed by atoms with Gasteiger partial charge < -0.3 is 11.1 Å². The molecule has 2 atom stereocenters. The number of carbonyl (C=O) groups is 3. The first-order valence-electron chi connectivity index (χ1n) is 9.36. The van der Waals surface area contributed by atoms with E-state index in [4.69, 9.17) is 5.73 Å². The highest BCUT2D eigenvalue weighted by Crippen LogP contribution is 2.30. The maximum Gasteiger partial charge on any atom is 0.318 e. The highest BCUT2D eigenvalue weighted by Gasteiger charge is 2.29. The normalized spacial score (nSPS) is 17.0. The molecule has 6 nitrogen and oxygen atoms in total. The minimum atomic E-state index is -0.877. The van der Waals surface area contributed by atoms with Crippen molar-refractivity contribution in [3.05, 3.63) is 0 Å². The zero-order valence-corrected chi connectivity index (χ0v) is 16.3. The lowest BCUT2D eigenvalue weighted by molar-refractivity contribution is -0.130. The predicted octanol–water partition coefficient (Wildman–Crippen LogP) is 2.81. The third kappa shape index (κ3) is 8.61. The van der Waals surface area contributed by atoms with Gasteiger partial charge in [0, 0.05) is 18.4 Å². The molecule has 144 valence electrons. The fourth-order valence-electron chi connectivity index (χ4n) is 3.53. The van der Waals surface area contributed by atoms with Gasteiger partial charge in [-0.2, -0.15) is 11.8 Å². The van der Waals surface area contributed by atoms with E-state index in [0.717, 1.165) is 18.6 Å². The molecular weight excluding hydrogens is 338 g/mol. The number of thioether (sulfide) groups is 1. The second-order valence-corrected chi connectivity index (χ2v) is 7.86. The van der Waals surface area contributed by atoms with Gasteiger partial charge in [-0.25, -0.2) is 4.79 Å². The molecule has 0 bridgehead atoms. The van der Waals surface area contributed by atoms with Crippen LogP contribution in [0.25, 0.3) is 0 Å². The fourth-order valence-corrected chi connectivity index (χ4v) is 4.02. The Bertz CT molecular complexity index is 439. The van der Waals surface area contributed by atoms with Gasteiger partial charge in [-0.1, -0.05) is 26.2 Å². The molecular formula is C18H33N3O3S. The van der Waals surface area contributed by atoms with Crippen LogP contribution in [0.3, 0.4) is 0 Å². The van der Waals surface area contributed by atoms with Gasteiger partial charge in [-0.15, -0.1) is 0 Å². The number of imide groups is 1. The number of unbranched alkanes of at least 4 members (excludes halogenated alkanes) is 1. The van der Waals surface area contributed by atoms with Crippen LogP contribution in [-0.2, 0) is 9.59 Å². The summed E-state index contributed by atoms with van der Waals surface area (Å²) in [5.41, 5.74) is 4.96. The summed E-state index contributed by atoms with van der Waals surface area (Å²) in [6, 6.07) is -0.678. The first-order chi connectivity index (χ1) is 12.0. The number of nitrogens with one attached hydrogen (secondary N) is 2. The molecule has 1 aliphatic rings. The summed E-state index contributed by atoms with van der Waals surface area (Å²) in [6.07, 6.45) is 10.8. The van der Waals surface area contributed by atoms with E-state index in [1.165, 1.54) is 32.1 Å². The van der Waals surface area contributed by atoms with Crippen molar-refractivity contribution < 1.29 is 14.4 Å². The van der Waals surface area contributed by atoms with E-state index in [2.05, 4.69) is 11.6 Å². The number of primary amides is 1. The molecule has 0 aromatic heterocycles. The van der Waals surface area contributed by atoms with E-state index >= 15 is 0 Å². The van der Waals surface area contributed by atoms with Crippen molar-refractivity contribution in [2.24, 2.45) is 17.6 Å². The van der Waals surface area contributed by atoms with Crippen molar-refractivity contribution in [1.82, 2.24) is 10.6 Å². The summed E-state index contributed by atoms with van der Waals surface area (Å²) in [4.78, 5) is 35.1. The highest BCUT2D eigenvalue weighted by atomic mass is 32.2. The number of rotatable bonds is 11. The van der Waals surface area contributed by atoms with Crippen LogP contribution in [-0.4, -0.2) is 35.9 Å². The average Bonchev–Trinajstić information content (AvgIpc) is 3.09. The number of nitrogens with two attached hydrogens (primary N) is 1. The molecule has 0 spiro atoms. The number of hydrogen-bond donors (Lipinski definition) is 3. The van der Waals surface area contributed by atoms with Crippen molar-refractivity contribution in [1.29, 1.82) is 0 Å². The molecule has 2 unspecified atom stereocenters. The van der Waals surface area contributed by atoms with Crippen LogP contribution in [0.1, 0.15) is 64.7 Å². The van der Waals surface area contributed by atoms with Crippen LogP contribution in [0.2, 0.25) is 0 Å². The standard InChI is InChI=1S/C18H33N3O3S/c1-3-13(12-16(22)21-18(19)24)17(23)20-15(10-6-7-11-25-2)14-8-4-5-9-14/h13-15H,3-12H2,1-2H3,(H,20,23)(H3,19,21,22,24). The van der Waals surface area contributed by atoms with Gasteiger partial charge in [0.1, 0.15) is 0 Å². The number of amides is 4. The topological polar surface area (TPSA) is 101 Å². The lowest BCUT2D eigenvalue weighted by Crippen LogP contribution is -2.44. The van der Waals surface area contributed by atoms with Crippen molar-refractivity contribution >= 4 is 29.6 Å². The third-order valence-electron chi connectivity index (χ3n) is 4.97. The lowest BCUT2D eigenvalue weighted by Gasteiger charge is -2.27. The quantitative estimate of drug-likeness (QED) is 0.486. The van der Waals surface area contributed by atoms with Crippen LogP contribution in [0.15, 0.2) is 0 Å². The van der Waals surface area contributed by atoms with Crippen LogP contribution in [0.4, 0.5) is 4.79 Å². The average molecular weight is 372 g/mol. The van der Waals surface area contributed by atoms with Gasteiger partial charge in [0.2, 0.25) is 11.8 Å². The molecule has 4 amide bonds. The first-order valence-corrected chi connectivity index (χ1v) is 10.8. The van der Waals surface area contributed by atoms with Gasteiger partial charge in [0.25, 0.3) is 0 Å². The molecule has 7 heteroatoms. The van der Waals surface area contributed by atoms with Gasteiger partial charge in [-0.05, 0) is 50.0 Å². The van der Waals surface area contributed by atoms with Crippen molar-refractivity contribution in [2.75, 3.05) is 12.0 Å². The Balaban J connectivity index is 2.57. The zero-order valence-electron chi connectivity index (χ0n) is 15.5. The smallest absolute Gasteiger partial charge is 0.318 e. The lowest BCUT2D eigenvalue weighted by atomic mass is 9.92. The summed E-state index contributed by atoms with van der Waals surface area (Å²) < 4.78 is 0. The minimum absolute atomic E-state index is 0.00483. The van der Waals surface area contributed by atoms with Gasteiger partial charge in [0.15, 0.2) is 0 Å². The number of urea groups is 1. The predicted molar refractivity (Wildman–Crippen MR) is 102 cm³/mol. The van der Waals surface area contributed by atoms with Crippen LogP contribution >= 0.6 is 11.8 Å². The molecule has 1 rings (SSSR count). The largest absolute Gasteiger partial charge is 0.353 e. The SMILES string of the molecule is CCC(CC(=O)NC(N)=O)C(=O)NC(CCCCSC)C1CCCC1. The van der Waals surface area contributed by atoms with E-state index in [1.807, 2.05) is 24.0 Å². The molecule has 0 aromatic rings. The summed E-state index contributed by atoms with van der Waals surface area (Å²) in [6.45, 7) is 1.88. The van der Waals surface area contributed by atoms with E-state index in [0.29, 0.717) is 12.3 Å². The Morgan fingerprint density at radius 1 is 1.20 bits per heavy atom. The Morgan fingerprint density at radius 3 is 2.44 bits per heavy atom. The molecule has 0 saturated heterocycles. The van der Waals surface area contributed by atoms with E-state index in [1.54, 1.807) is 0 Å².